The Balaban J connectivity index is 1.84. The van der Waals surface area contributed by atoms with Crippen LogP contribution in [-0.4, -0.2) is 17.9 Å². The van der Waals surface area contributed by atoms with Crippen molar-refractivity contribution in [2.45, 2.75) is 6.61 Å². The summed E-state index contributed by atoms with van der Waals surface area (Å²) in [6.45, 7) is 0.203. The van der Waals surface area contributed by atoms with Crippen molar-refractivity contribution in [1.82, 2.24) is 0 Å². The van der Waals surface area contributed by atoms with Crippen LogP contribution in [0, 0.1) is 21.4 Å². The molecule has 35 heavy (non-hydrogen) atoms. The van der Waals surface area contributed by atoms with Crippen molar-refractivity contribution in [1.29, 1.82) is 5.26 Å². The minimum absolute atomic E-state index is 0.105. The van der Waals surface area contributed by atoms with E-state index in [-0.39, 0.29) is 39.4 Å². The number of carbonyl (C=O) groups excluding carboxylic acids is 1. The zero-order valence-electron chi connectivity index (χ0n) is 18.1. The van der Waals surface area contributed by atoms with Crippen LogP contribution in [0.5, 0.6) is 11.5 Å². The smallest absolute Gasteiger partial charge is 0.294 e. The molecule has 0 atom stereocenters. The zero-order valence-corrected chi connectivity index (χ0v) is 20.3. The highest BCUT2D eigenvalue weighted by Gasteiger charge is 2.19. The number of nitriles is 1. The zero-order chi connectivity index (χ0) is 25.5. The van der Waals surface area contributed by atoms with E-state index in [4.69, 9.17) is 44.3 Å². The van der Waals surface area contributed by atoms with Gasteiger partial charge in [0.25, 0.3) is 11.6 Å². The number of anilines is 1. The molecular formula is C24H16Cl3N3O5. The van der Waals surface area contributed by atoms with Gasteiger partial charge in [-0.15, -0.1) is 0 Å². The molecule has 0 unspecified atom stereocenters. The predicted octanol–water partition coefficient (Wildman–Crippen LogP) is 6.69. The molecule has 0 saturated heterocycles. The minimum atomic E-state index is -0.851. The van der Waals surface area contributed by atoms with Crippen molar-refractivity contribution in [3.63, 3.8) is 0 Å². The van der Waals surface area contributed by atoms with Crippen LogP contribution in [0.15, 0.2) is 60.2 Å². The van der Waals surface area contributed by atoms with E-state index < -0.39 is 16.5 Å². The van der Waals surface area contributed by atoms with Crippen LogP contribution in [0.2, 0.25) is 15.1 Å². The van der Waals surface area contributed by atoms with Crippen molar-refractivity contribution in [2.75, 3.05) is 12.4 Å². The first-order chi connectivity index (χ1) is 16.7. The number of carbonyl (C=O) groups is 1. The third-order valence-electron chi connectivity index (χ3n) is 4.63. The van der Waals surface area contributed by atoms with Crippen molar-refractivity contribution in [3.05, 3.63) is 96.5 Å². The molecular weight excluding hydrogens is 517 g/mol. The second-order valence-electron chi connectivity index (χ2n) is 6.99. The number of nitrogens with one attached hydrogen (secondary N) is 1. The fourth-order valence-corrected chi connectivity index (χ4v) is 3.53. The SMILES string of the molecule is COc1cc(/C=C(/C#N)C(=O)Nc2ccc(Cl)cc2[N+](=O)[O-])cc(Cl)c1OCc1ccc(Cl)cc1. The molecule has 0 fully saturated rings. The second kappa shape index (κ2) is 11.6. The maximum atomic E-state index is 12.6. The Bertz CT molecular complexity index is 1350. The topological polar surface area (TPSA) is 114 Å². The second-order valence-corrected chi connectivity index (χ2v) is 8.27. The van der Waals surface area contributed by atoms with Crippen LogP contribution in [-0.2, 0) is 11.4 Å². The minimum Gasteiger partial charge on any atom is -0.493 e. The van der Waals surface area contributed by atoms with E-state index in [1.165, 1.54) is 31.4 Å². The van der Waals surface area contributed by atoms with Gasteiger partial charge in [-0.2, -0.15) is 5.26 Å². The number of nitro benzene ring substituents is 1. The molecule has 0 aliphatic heterocycles. The number of halogens is 3. The third kappa shape index (κ3) is 6.64. The normalized spacial score (nSPS) is 10.9. The number of benzene rings is 3. The molecule has 3 rings (SSSR count). The summed E-state index contributed by atoms with van der Waals surface area (Å²) < 4.78 is 11.2. The molecule has 0 aromatic heterocycles. The summed E-state index contributed by atoms with van der Waals surface area (Å²) in [5.41, 5.74) is 0.406. The molecule has 0 spiro atoms. The van der Waals surface area contributed by atoms with Crippen LogP contribution in [0.3, 0.4) is 0 Å². The molecule has 8 nitrogen and oxygen atoms in total. The highest BCUT2D eigenvalue weighted by atomic mass is 35.5. The van der Waals surface area contributed by atoms with E-state index in [9.17, 15) is 20.2 Å². The van der Waals surface area contributed by atoms with Crippen molar-refractivity contribution < 1.29 is 19.2 Å². The first-order valence-electron chi connectivity index (χ1n) is 9.83. The van der Waals surface area contributed by atoms with Gasteiger partial charge < -0.3 is 14.8 Å². The number of nitro groups is 1. The van der Waals surface area contributed by atoms with Gasteiger partial charge in [-0.3, -0.25) is 14.9 Å². The lowest BCUT2D eigenvalue weighted by Crippen LogP contribution is -2.14. The van der Waals surface area contributed by atoms with Crippen molar-refractivity contribution in [3.8, 4) is 17.6 Å². The molecule has 3 aromatic carbocycles. The van der Waals surface area contributed by atoms with Gasteiger partial charge in [-0.25, -0.2) is 0 Å². The molecule has 0 bridgehead atoms. The predicted molar refractivity (Wildman–Crippen MR) is 134 cm³/mol. The molecule has 0 radical (unpaired) electrons. The van der Waals surface area contributed by atoms with Gasteiger partial charge in [0.1, 0.15) is 23.9 Å². The van der Waals surface area contributed by atoms with E-state index in [0.29, 0.717) is 10.6 Å². The van der Waals surface area contributed by atoms with Crippen LogP contribution < -0.4 is 14.8 Å². The van der Waals surface area contributed by atoms with Gasteiger partial charge in [-0.1, -0.05) is 46.9 Å². The molecule has 0 aliphatic rings. The van der Waals surface area contributed by atoms with Crippen molar-refractivity contribution in [2.24, 2.45) is 0 Å². The van der Waals surface area contributed by atoms with Crippen LogP contribution in [0.4, 0.5) is 11.4 Å². The summed E-state index contributed by atoms with van der Waals surface area (Å²) in [6.07, 6.45) is 1.27. The number of hydrogen-bond acceptors (Lipinski definition) is 6. The Morgan fingerprint density at radius 2 is 1.80 bits per heavy atom. The number of rotatable bonds is 8. The Morgan fingerprint density at radius 1 is 1.11 bits per heavy atom. The Labute approximate surface area is 215 Å². The summed E-state index contributed by atoms with van der Waals surface area (Å²) in [5.74, 6) is -0.291. The summed E-state index contributed by atoms with van der Waals surface area (Å²) >= 11 is 18.1. The average molecular weight is 533 g/mol. The highest BCUT2D eigenvalue weighted by molar-refractivity contribution is 6.32. The summed E-state index contributed by atoms with van der Waals surface area (Å²) in [7, 11) is 1.42. The van der Waals surface area contributed by atoms with Gasteiger partial charge in [0.15, 0.2) is 11.5 Å². The Kier molecular flexibility index (Phi) is 8.55. The summed E-state index contributed by atoms with van der Waals surface area (Å²) in [6, 6.07) is 15.7. The lowest BCUT2D eigenvalue weighted by atomic mass is 10.1. The Hall–Kier alpha value is -3.77. The number of ether oxygens (including phenoxy) is 2. The lowest BCUT2D eigenvalue weighted by Gasteiger charge is -2.14. The van der Waals surface area contributed by atoms with Gasteiger partial charge in [0.2, 0.25) is 0 Å². The molecule has 1 N–H and O–H groups in total. The molecule has 3 aromatic rings. The molecule has 178 valence electrons. The summed E-state index contributed by atoms with van der Waals surface area (Å²) in [4.78, 5) is 23.2. The Morgan fingerprint density at radius 3 is 2.43 bits per heavy atom. The van der Waals surface area contributed by atoms with Crippen LogP contribution in [0.25, 0.3) is 6.08 Å². The number of hydrogen-bond donors (Lipinski definition) is 1. The van der Waals surface area contributed by atoms with Gasteiger partial charge in [0, 0.05) is 16.1 Å². The molecule has 11 heteroatoms. The average Bonchev–Trinajstić information content (AvgIpc) is 2.83. The first kappa shape index (κ1) is 25.8. The van der Waals surface area contributed by atoms with Gasteiger partial charge in [-0.05, 0) is 53.6 Å². The largest absolute Gasteiger partial charge is 0.493 e. The maximum absolute atomic E-state index is 12.6. The highest BCUT2D eigenvalue weighted by Crippen LogP contribution is 2.37. The van der Waals surface area contributed by atoms with E-state index in [1.807, 2.05) is 12.1 Å². The van der Waals surface area contributed by atoms with E-state index in [1.54, 1.807) is 24.3 Å². The molecule has 1 amide bonds. The van der Waals surface area contributed by atoms with E-state index >= 15 is 0 Å². The van der Waals surface area contributed by atoms with Gasteiger partial charge >= 0.3 is 0 Å². The lowest BCUT2D eigenvalue weighted by molar-refractivity contribution is -0.383. The summed E-state index contributed by atoms with van der Waals surface area (Å²) in [5, 5.41) is 24.0. The van der Waals surface area contributed by atoms with E-state index in [0.717, 1.165) is 11.6 Å². The monoisotopic (exact) mass is 531 g/mol. The quantitative estimate of drug-likeness (QED) is 0.150. The fourth-order valence-electron chi connectivity index (χ4n) is 2.97. The fraction of sp³-hybridized carbons (Fsp3) is 0.0833. The third-order valence-corrected chi connectivity index (χ3v) is 5.40. The molecule has 0 saturated carbocycles. The van der Waals surface area contributed by atoms with Crippen LogP contribution >= 0.6 is 34.8 Å². The van der Waals surface area contributed by atoms with Crippen molar-refractivity contribution >= 4 is 58.2 Å². The molecule has 0 aliphatic carbocycles. The number of methoxy groups -OCH3 is 1. The molecule has 0 heterocycles. The number of amides is 1. The van der Waals surface area contributed by atoms with E-state index in [2.05, 4.69) is 5.32 Å². The number of nitrogens with zero attached hydrogens (tertiary/aromatic N) is 2. The first-order valence-corrected chi connectivity index (χ1v) is 11.0. The van der Waals surface area contributed by atoms with Crippen LogP contribution in [0.1, 0.15) is 11.1 Å². The standard InChI is InChI=1S/C24H16Cl3N3O5/c1-34-22-10-15(9-19(27)23(22)35-13-14-2-4-17(25)5-3-14)8-16(12-28)24(31)29-20-7-6-18(26)11-21(20)30(32)33/h2-11H,13H2,1H3,(H,29,31)/b16-8-. The van der Waals surface area contributed by atoms with Gasteiger partial charge in [0.05, 0.1) is 17.1 Å². The maximum Gasteiger partial charge on any atom is 0.294 e.